The van der Waals surface area contributed by atoms with Crippen LogP contribution in [0.25, 0.3) is 10.9 Å². The predicted molar refractivity (Wildman–Crippen MR) is 117 cm³/mol. The molecule has 0 fully saturated rings. The van der Waals surface area contributed by atoms with Crippen molar-refractivity contribution >= 4 is 22.7 Å². The number of benzene rings is 2. The van der Waals surface area contributed by atoms with E-state index in [9.17, 15) is 32.5 Å². The molecule has 2 amide bonds. The van der Waals surface area contributed by atoms with Crippen LogP contribution < -0.4 is 16.6 Å². The topological polar surface area (TPSA) is 137 Å². The summed E-state index contributed by atoms with van der Waals surface area (Å²) in [6, 6.07) is 7.51. The lowest BCUT2D eigenvalue weighted by molar-refractivity contribution is -0.137. The van der Waals surface area contributed by atoms with Gasteiger partial charge in [-0.2, -0.15) is 18.1 Å². The van der Waals surface area contributed by atoms with Crippen LogP contribution in [0, 0.1) is 11.8 Å². The van der Waals surface area contributed by atoms with Crippen LogP contribution in [0.15, 0.2) is 52.4 Å². The van der Waals surface area contributed by atoms with Crippen LogP contribution in [0.5, 0.6) is 0 Å². The first kappa shape index (κ1) is 24.6. The number of carbonyl (C=O) groups excluding carboxylic acids is 2. The van der Waals surface area contributed by atoms with E-state index < -0.39 is 35.2 Å². The second kappa shape index (κ2) is 9.81. The number of amides is 2. The van der Waals surface area contributed by atoms with Gasteiger partial charge in [-0.3, -0.25) is 19.0 Å². The molecular weight excluding hydrogens is 455 g/mol. The van der Waals surface area contributed by atoms with Gasteiger partial charge < -0.3 is 11.1 Å². The Labute approximate surface area is 190 Å². The predicted octanol–water partition coefficient (Wildman–Crippen LogP) is 2.84. The van der Waals surface area contributed by atoms with Crippen LogP contribution in [0.4, 0.5) is 13.2 Å². The molecule has 2 aromatic carbocycles. The van der Waals surface area contributed by atoms with Crippen molar-refractivity contribution < 1.29 is 22.8 Å². The number of nitrogens with one attached hydrogen (secondary N) is 1. The second-order valence-corrected chi connectivity index (χ2v) is 7.51. The molecule has 3 aromatic rings. The molecule has 0 bridgehead atoms. The minimum absolute atomic E-state index is 0.0699. The minimum atomic E-state index is -4.58. The lowest BCUT2D eigenvalue weighted by Gasteiger charge is -2.18. The Morgan fingerprint density at radius 1 is 1.21 bits per heavy atom. The Kier molecular flexibility index (Phi) is 7.08. The molecule has 0 spiro atoms. The smallest absolute Gasteiger partial charge is 0.368 e. The van der Waals surface area contributed by atoms with Gasteiger partial charge in [-0.25, -0.2) is 4.98 Å². The number of aryl methyl sites for hydroxylation is 1. The average molecular weight is 475 g/mol. The van der Waals surface area contributed by atoms with Gasteiger partial charge in [0, 0.05) is 18.5 Å². The van der Waals surface area contributed by atoms with Crippen LogP contribution in [-0.4, -0.2) is 27.9 Å². The fourth-order valence-electron chi connectivity index (χ4n) is 3.53. The monoisotopic (exact) mass is 475 g/mol. The normalized spacial score (nSPS) is 12.4. The Morgan fingerprint density at radius 3 is 2.59 bits per heavy atom. The lowest BCUT2D eigenvalue weighted by atomic mass is 10.1. The average Bonchev–Trinajstić information content (AvgIpc) is 2.79. The summed E-state index contributed by atoms with van der Waals surface area (Å²) >= 11 is 0. The molecule has 1 unspecified atom stereocenters. The highest BCUT2D eigenvalue weighted by Crippen LogP contribution is 2.29. The quantitative estimate of drug-likeness (QED) is 0.483. The highest BCUT2D eigenvalue weighted by Gasteiger charge is 2.31. The van der Waals surface area contributed by atoms with E-state index in [4.69, 9.17) is 5.73 Å². The summed E-state index contributed by atoms with van der Waals surface area (Å²) in [5.74, 6) is -1.32. The summed E-state index contributed by atoms with van der Waals surface area (Å²) in [6.07, 6.45) is -4.65. The van der Waals surface area contributed by atoms with Crippen molar-refractivity contribution in [3.05, 3.63) is 80.2 Å². The van der Waals surface area contributed by atoms with Crippen molar-refractivity contribution in [2.75, 3.05) is 6.54 Å². The van der Waals surface area contributed by atoms with E-state index >= 15 is 0 Å². The summed E-state index contributed by atoms with van der Waals surface area (Å²) in [7, 11) is 0. The van der Waals surface area contributed by atoms with Crippen LogP contribution in [-0.2, 0) is 17.5 Å². The number of hydrogen-bond acceptors (Lipinski definition) is 6. The molecule has 0 aliphatic heterocycles. The highest BCUT2D eigenvalue weighted by molar-refractivity contribution is 5.94. The van der Waals surface area contributed by atoms with E-state index in [1.54, 1.807) is 12.1 Å². The molecule has 9 nitrogen and oxygen atoms in total. The number of hydrogen-bond donors (Lipinski definition) is 2. The van der Waals surface area contributed by atoms with Gasteiger partial charge in [0.25, 0.3) is 11.5 Å². The Morgan fingerprint density at radius 2 is 1.94 bits per heavy atom. The Hall–Kier alpha value is -4.09. The SMILES string of the molecule is Cc1nc2ccc(CNC(=O)c3cccc(C(F)(F)F)c3)cc2c(=O)n1C(CCN=O)C(N)=O. The number of alkyl halides is 3. The van der Waals surface area contributed by atoms with Gasteiger partial charge in [0.2, 0.25) is 5.91 Å². The number of nitroso groups, excluding NO2 is 1. The number of nitrogens with zero attached hydrogens (tertiary/aromatic N) is 3. The zero-order valence-electron chi connectivity index (χ0n) is 17.9. The van der Waals surface area contributed by atoms with E-state index in [-0.39, 0.29) is 36.3 Å². The molecule has 1 aromatic heterocycles. The Bertz CT molecular complexity index is 1320. The van der Waals surface area contributed by atoms with Crippen molar-refractivity contribution in [3.63, 3.8) is 0 Å². The van der Waals surface area contributed by atoms with Crippen LogP contribution in [0.2, 0.25) is 0 Å². The number of halogens is 3. The van der Waals surface area contributed by atoms with Crippen molar-refractivity contribution in [3.8, 4) is 0 Å². The van der Waals surface area contributed by atoms with E-state index in [0.29, 0.717) is 11.1 Å². The molecule has 0 radical (unpaired) electrons. The standard InChI is InChI=1S/C22H20F3N5O4/c1-12-29-17-6-5-13(9-16(17)21(33)30(12)18(19(26)31)7-8-28-34)11-27-20(32)14-3-2-4-15(10-14)22(23,24)25/h2-6,9-10,18H,7-8,11H2,1H3,(H2,26,31)(H,27,32). The van der Waals surface area contributed by atoms with E-state index in [2.05, 4.69) is 15.5 Å². The molecule has 1 heterocycles. The van der Waals surface area contributed by atoms with Gasteiger partial charge in [0.15, 0.2) is 0 Å². The molecule has 0 aliphatic carbocycles. The fourth-order valence-corrected chi connectivity index (χ4v) is 3.53. The number of aromatic nitrogens is 2. The van der Waals surface area contributed by atoms with Crippen LogP contribution in [0.1, 0.15) is 39.8 Å². The first-order valence-corrected chi connectivity index (χ1v) is 10.1. The zero-order valence-corrected chi connectivity index (χ0v) is 17.9. The van der Waals surface area contributed by atoms with E-state index in [0.717, 1.165) is 22.8 Å². The third-order valence-electron chi connectivity index (χ3n) is 5.18. The number of rotatable bonds is 8. The zero-order chi connectivity index (χ0) is 25.0. The molecule has 0 saturated heterocycles. The van der Waals surface area contributed by atoms with Crippen molar-refractivity contribution in [2.24, 2.45) is 10.9 Å². The molecular formula is C22H20F3N5O4. The molecule has 0 saturated carbocycles. The fraction of sp³-hybridized carbons (Fsp3) is 0.273. The van der Waals surface area contributed by atoms with Gasteiger partial charge >= 0.3 is 6.18 Å². The molecule has 3 N–H and O–H groups in total. The summed E-state index contributed by atoms with van der Waals surface area (Å²) in [5, 5.41) is 5.36. The van der Waals surface area contributed by atoms with E-state index in [1.165, 1.54) is 19.1 Å². The van der Waals surface area contributed by atoms with Crippen LogP contribution >= 0.6 is 0 Å². The summed E-state index contributed by atoms with van der Waals surface area (Å²) in [5.41, 5.74) is 4.55. The highest BCUT2D eigenvalue weighted by atomic mass is 19.4. The molecule has 1 atom stereocenters. The van der Waals surface area contributed by atoms with Crippen molar-refractivity contribution in [1.29, 1.82) is 0 Å². The first-order chi connectivity index (χ1) is 16.0. The Balaban J connectivity index is 1.89. The number of primary amides is 1. The van der Waals surface area contributed by atoms with Gasteiger partial charge in [-0.1, -0.05) is 17.3 Å². The molecule has 12 heteroatoms. The summed E-state index contributed by atoms with van der Waals surface area (Å²) in [6.45, 7) is 1.22. The molecule has 178 valence electrons. The maximum atomic E-state index is 13.1. The molecule has 0 aliphatic rings. The van der Waals surface area contributed by atoms with Crippen LogP contribution in [0.3, 0.4) is 0 Å². The maximum Gasteiger partial charge on any atom is 0.416 e. The third-order valence-corrected chi connectivity index (χ3v) is 5.18. The number of nitrogens with two attached hydrogens (primary N) is 1. The molecule has 34 heavy (non-hydrogen) atoms. The van der Waals surface area contributed by atoms with Gasteiger partial charge in [0.1, 0.15) is 11.9 Å². The molecule has 3 rings (SSSR count). The minimum Gasteiger partial charge on any atom is -0.368 e. The van der Waals surface area contributed by atoms with Gasteiger partial charge in [-0.05, 0) is 42.8 Å². The van der Waals surface area contributed by atoms with Gasteiger partial charge in [0.05, 0.1) is 23.0 Å². The number of fused-ring (bicyclic) bond motifs is 1. The summed E-state index contributed by atoms with van der Waals surface area (Å²) in [4.78, 5) is 52.2. The first-order valence-electron chi connectivity index (χ1n) is 10.1. The lowest BCUT2D eigenvalue weighted by Crippen LogP contribution is -2.36. The maximum absolute atomic E-state index is 13.1. The largest absolute Gasteiger partial charge is 0.416 e. The summed E-state index contributed by atoms with van der Waals surface area (Å²) < 4.78 is 39.8. The number of carbonyl (C=O) groups is 2. The van der Waals surface area contributed by atoms with Gasteiger partial charge in [-0.15, -0.1) is 0 Å². The third kappa shape index (κ3) is 5.27. The van der Waals surface area contributed by atoms with Crippen molar-refractivity contribution in [2.45, 2.75) is 32.1 Å². The van der Waals surface area contributed by atoms with Crippen molar-refractivity contribution in [1.82, 2.24) is 14.9 Å². The second-order valence-electron chi connectivity index (χ2n) is 7.51. The van der Waals surface area contributed by atoms with E-state index in [1.807, 2.05) is 0 Å².